The Labute approximate surface area is 196 Å². The lowest BCUT2D eigenvalue weighted by molar-refractivity contribution is 0.307. The summed E-state index contributed by atoms with van der Waals surface area (Å²) in [7, 11) is 0. The minimum atomic E-state index is 0.751. The van der Waals surface area contributed by atoms with E-state index in [0.29, 0.717) is 0 Å². The van der Waals surface area contributed by atoms with Crippen LogP contribution in [0.15, 0.2) is 69.6 Å². The Kier molecular flexibility index (Phi) is 8.83. The van der Waals surface area contributed by atoms with Gasteiger partial charge in [0.2, 0.25) is 0 Å². The molecular weight excluding hydrogens is 504 g/mol. The van der Waals surface area contributed by atoms with Crippen molar-refractivity contribution in [2.45, 2.75) is 39.5 Å². The second kappa shape index (κ2) is 11.6. The maximum absolute atomic E-state index is 5.84. The summed E-state index contributed by atoms with van der Waals surface area (Å²) in [5, 5.41) is 0. The molecule has 2 nitrogen and oxygen atoms in total. The Balaban J connectivity index is 1.72. The van der Waals surface area contributed by atoms with Crippen molar-refractivity contribution in [2.75, 3.05) is 13.2 Å². The first kappa shape index (κ1) is 22.9. The molecule has 0 aliphatic rings. The van der Waals surface area contributed by atoms with Gasteiger partial charge in [0.1, 0.15) is 11.5 Å². The van der Waals surface area contributed by atoms with Crippen LogP contribution in [-0.4, -0.2) is 13.2 Å². The third-order valence-corrected chi connectivity index (χ3v) is 6.17. The third-order valence-electron chi connectivity index (χ3n) is 4.93. The minimum Gasteiger partial charge on any atom is -0.492 e. The fourth-order valence-electron chi connectivity index (χ4n) is 3.10. The molecule has 0 heterocycles. The van der Waals surface area contributed by atoms with Gasteiger partial charge < -0.3 is 9.47 Å². The lowest BCUT2D eigenvalue weighted by Crippen LogP contribution is -1.97. The van der Waals surface area contributed by atoms with Gasteiger partial charge in [-0.05, 0) is 91.2 Å². The first-order valence-corrected chi connectivity index (χ1v) is 12.2. The molecular formula is C26H28Br2O2. The molecule has 0 radical (unpaired) electrons. The summed E-state index contributed by atoms with van der Waals surface area (Å²) in [5.41, 5.74) is 4.69. The second-order valence-corrected chi connectivity index (χ2v) is 8.98. The molecule has 0 saturated heterocycles. The van der Waals surface area contributed by atoms with E-state index in [9.17, 15) is 0 Å². The molecule has 30 heavy (non-hydrogen) atoms. The van der Waals surface area contributed by atoms with Crippen LogP contribution in [0.4, 0.5) is 0 Å². The second-order valence-electron chi connectivity index (χ2n) is 7.27. The predicted octanol–water partition coefficient (Wildman–Crippen LogP) is 8.90. The van der Waals surface area contributed by atoms with Gasteiger partial charge in [-0.25, -0.2) is 0 Å². The van der Waals surface area contributed by atoms with Crippen LogP contribution in [0.25, 0.3) is 22.3 Å². The van der Waals surface area contributed by atoms with Crippen molar-refractivity contribution in [3.05, 3.63) is 69.6 Å². The molecule has 3 aromatic carbocycles. The highest BCUT2D eigenvalue weighted by molar-refractivity contribution is 9.10. The van der Waals surface area contributed by atoms with Gasteiger partial charge in [0.25, 0.3) is 0 Å². The number of benzene rings is 3. The number of hydrogen-bond donors (Lipinski definition) is 0. The van der Waals surface area contributed by atoms with Crippen LogP contribution >= 0.6 is 31.9 Å². The zero-order valence-electron chi connectivity index (χ0n) is 17.6. The zero-order valence-corrected chi connectivity index (χ0v) is 20.8. The van der Waals surface area contributed by atoms with Gasteiger partial charge in [0.15, 0.2) is 0 Å². The van der Waals surface area contributed by atoms with Crippen molar-refractivity contribution in [1.82, 2.24) is 0 Å². The largest absolute Gasteiger partial charge is 0.492 e. The van der Waals surface area contributed by atoms with Crippen LogP contribution in [0.5, 0.6) is 11.5 Å². The van der Waals surface area contributed by atoms with Crippen LogP contribution in [-0.2, 0) is 0 Å². The van der Waals surface area contributed by atoms with Crippen LogP contribution in [0.1, 0.15) is 39.5 Å². The molecule has 0 spiro atoms. The lowest BCUT2D eigenvalue weighted by Gasteiger charge is -2.11. The minimum absolute atomic E-state index is 0.751. The van der Waals surface area contributed by atoms with Gasteiger partial charge in [-0.3, -0.25) is 0 Å². The quantitative estimate of drug-likeness (QED) is 0.243. The average molecular weight is 532 g/mol. The van der Waals surface area contributed by atoms with Crippen LogP contribution in [0.3, 0.4) is 0 Å². The van der Waals surface area contributed by atoms with E-state index in [0.717, 1.165) is 70.5 Å². The van der Waals surface area contributed by atoms with Crippen LogP contribution in [0, 0.1) is 0 Å². The van der Waals surface area contributed by atoms with E-state index in [1.807, 2.05) is 12.1 Å². The molecule has 0 bridgehead atoms. The summed E-state index contributed by atoms with van der Waals surface area (Å²) < 4.78 is 13.6. The topological polar surface area (TPSA) is 18.5 Å². The number of hydrogen-bond acceptors (Lipinski definition) is 2. The Morgan fingerprint density at radius 2 is 0.933 bits per heavy atom. The van der Waals surface area contributed by atoms with Crippen LogP contribution in [0.2, 0.25) is 0 Å². The Morgan fingerprint density at radius 3 is 1.27 bits per heavy atom. The summed E-state index contributed by atoms with van der Waals surface area (Å²) in [6, 6.07) is 21.2. The molecule has 3 aromatic rings. The van der Waals surface area contributed by atoms with E-state index in [1.54, 1.807) is 0 Å². The molecule has 0 saturated carbocycles. The first-order chi connectivity index (χ1) is 14.6. The number of unbranched alkanes of at least 4 members (excludes halogenated alkanes) is 2. The zero-order chi connectivity index (χ0) is 21.3. The van der Waals surface area contributed by atoms with Crippen molar-refractivity contribution in [2.24, 2.45) is 0 Å². The van der Waals surface area contributed by atoms with Gasteiger partial charge in [0, 0.05) is 0 Å². The van der Waals surface area contributed by atoms with E-state index in [1.165, 1.54) is 11.1 Å². The third kappa shape index (κ3) is 6.12. The predicted molar refractivity (Wildman–Crippen MR) is 134 cm³/mol. The molecule has 0 fully saturated rings. The monoisotopic (exact) mass is 530 g/mol. The molecule has 0 atom stereocenters. The summed E-state index contributed by atoms with van der Waals surface area (Å²) >= 11 is 7.29. The van der Waals surface area contributed by atoms with Crippen molar-refractivity contribution < 1.29 is 9.47 Å². The van der Waals surface area contributed by atoms with Gasteiger partial charge in [0.05, 0.1) is 22.2 Å². The normalized spacial score (nSPS) is 10.8. The molecule has 0 amide bonds. The summed E-state index contributed by atoms with van der Waals surface area (Å²) in [6.45, 7) is 5.83. The molecule has 3 rings (SSSR count). The molecule has 0 aliphatic heterocycles. The summed E-state index contributed by atoms with van der Waals surface area (Å²) in [6.07, 6.45) is 4.40. The van der Waals surface area contributed by atoms with Gasteiger partial charge in [-0.15, -0.1) is 0 Å². The average Bonchev–Trinajstić information content (AvgIpc) is 2.76. The maximum Gasteiger partial charge on any atom is 0.133 e. The van der Waals surface area contributed by atoms with Gasteiger partial charge in [-0.2, -0.15) is 0 Å². The molecule has 0 aliphatic carbocycles. The molecule has 0 N–H and O–H groups in total. The van der Waals surface area contributed by atoms with E-state index < -0.39 is 0 Å². The van der Waals surface area contributed by atoms with Crippen molar-refractivity contribution in [3.63, 3.8) is 0 Å². The molecule has 0 unspecified atom stereocenters. The SMILES string of the molecule is CCCCOc1ccc(-c2ccc(-c3ccc(OCCCC)c(Br)c3)cc2)cc1Br. The first-order valence-electron chi connectivity index (χ1n) is 10.6. The highest BCUT2D eigenvalue weighted by Crippen LogP contribution is 2.34. The fourth-order valence-corrected chi connectivity index (χ4v) is 4.09. The summed E-state index contributed by atoms with van der Waals surface area (Å²) in [4.78, 5) is 0. The fraction of sp³-hybridized carbons (Fsp3) is 0.308. The summed E-state index contributed by atoms with van der Waals surface area (Å²) in [5.74, 6) is 1.80. The lowest BCUT2D eigenvalue weighted by atomic mass is 10.0. The highest BCUT2D eigenvalue weighted by Gasteiger charge is 2.07. The Bertz CT molecular complexity index is 873. The van der Waals surface area contributed by atoms with Gasteiger partial charge in [-0.1, -0.05) is 63.1 Å². The molecule has 0 aromatic heterocycles. The number of halogens is 2. The van der Waals surface area contributed by atoms with Crippen molar-refractivity contribution in [1.29, 1.82) is 0 Å². The maximum atomic E-state index is 5.84. The number of rotatable bonds is 10. The highest BCUT2D eigenvalue weighted by atomic mass is 79.9. The van der Waals surface area contributed by atoms with E-state index in [-0.39, 0.29) is 0 Å². The van der Waals surface area contributed by atoms with Gasteiger partial charge >= 0.3 is 0 Å². The van der Waals surface area contributed by atoms with E-state index in [4.69, 9.17) is 9.47 Å². The Hall–Kier alpha value is -1.78. The molecule has 158 valence electrons. The smallest absolute Gasteiger partial charge is 0.133 e. The van der Waals surface area contributed by atoms with E-state index >= 15 is 0 Å². The molecule has 4 heteroatoms. The van der Waals surface area contributed by atoms with Crippen LogP contribution < -0.4 is 9.47 Å². The Morgan fingerprint density at radius 1 is 0.567 bits per heavy atom. The van der Waals surface area contributed by atoms with Crippen molar-refractivity contribution >= 4 is 31.9 Å². The standard InChI is InChI=1S/C26H28Br2O2/c1-3-5-15-29-25-13-11-21(17-23(25)27)19-7-9-20(10-8-19)22-12-14-26(24(28)18-22)30-16-6-4-2/h7-14,17-18H,3-6,15-16H2,1-2H3. The van der Waals surface area contributed by atoms with E-state index in [2.05, 4.69) is 94.2 Å². The number of ether oxygens (including phenoxy) is 2. The van der Waals surface area contributed by atoms with Crippen molar-refractivity contribution in [3.8, 4) is 33.8 Å².